The van der Waals surface area contributed by atoms with Gasteiger partial charge in [0.2, 0.25) is 0 Å². The van der Waals surface area contributed by atoms with Gasteiger partial charge in [-0.05, 0) is 11.5 Å². The molecule has 96 valence electrons. The van der Waals surface area contributed by atoms with Crippen LogP contribution in [0.25, 0.3) is 10.8 Å². The van der Waals surface area contributed by atoms with Gasteiger partial charge in [-0.2, -0.15) is 0 Å². The number of phenols is 2. The van der Waals surface area contributed by atoms with Gasteiger partial charge in [-0.25, -0.2) is 0 Å². The number of carboxylic acid groups (broad SMARTS) is 2. The van der Waals surface area contributed by atoms with Crippen LogP contribution in [0.5, 0.6) is 11.5 Å². The molecule has 7 heteroatoms. The van der Waals surface area contributed by atoms with Crippen molar-refractivity contribution in [1.82, 2.24) is 0 Å². The van der Waals surface area contributed by atoms with Crippen molar-refractivity contribution in [3.63, 3.8) is 0 Å². The molecule has 0 saturated heterocycles. The van der Waals surface area contributed by atoms with Crippen molar-refractivity contribution in [2.24, 2.45) is 0 Å². The van der Waals surface area contributed by atoms with Crippen molar-refractivity contribution in [3.8, 4) is 11.5 Å². The number of fused-ring (bicyclic) bond motifs is 1. The van der Waals surface area contributed by atoms with E-state index < -0.39 is 12.9 Å². The van der Waals surface area contributed by atoms with E-state index in [0.717, 1.165) is 5.39 Å². The summed E-state index contributed by atoms with van der Waals surface area (Å²) in [6, 6.07) is 10.6. The average molecular weight is 316 g/mol. The second-order valence-corrected chi connectivity index (χ2v) is 2.85. The molecular formula is C12H10O6Zn. The van der Waals surface area contributed by atoms with Crippen LogP contribution in [0, 0.1) is 0 Å². The Bertz CT molecular complexity index is 509. The molecule has 0 aliphatic heterocycles. The minimum atomic E-state index is -0.500. The van der Waals surface area contributed by atoms with Gasteiger partial charge in [-0.1, -0.05) is 30.3 Å². The van der Waals surface area contributed by atoms with Crippen molar-refractivity contribution in [2.45, 2.75) is 0 Å². The van der Waals surface area contributed by atoms with Crippen LogP contribution in [0.3, 0.4) is 0 Å². The molecule has 0 saturated carbocycles. The predicted molar refractivity (Wildman–Crippen MR) is 59.4 cm³/mol. The Labute approximate surface area is 121 Å². The molecular weight excluding hydrogens is 306 g/mol. The Hall–Kier alpha value is -2.14. The van der Waals surface area contributed by atoms with E-state index in [-0.39, 0.29) is 31.0 Å². The van der Waals surface area contributed by atoms with E-state index in [1.54, 1.807) is 12.1 Å². The number of hydrogen-bond donors (Lipinski definition) is 2. The van der Waals surface area contributed by atoms with Gasteiger partial charge < -0.3 is 30.0 Å². The van der Waals surface area contributed by atoms with Gasteiger partial charge in [0.25, 0.3) is 0 Å². The maximum absolute atomic E-state index is 9.41. The summed E-state index contributed by atoms with van der Waals surface area (Å²) < 4.78 is 0. The minimum Gasteiger partial charge on any atom is -0.554 e. The molecule has 2 rings (SSSR count). The zero-order valence-electron chi connectivity index (χ0n) is 9.85. The van der Waals surface area contributed by atoms with Gasteiger partial charge in [-0.3, -0.25) is 0 Å². The van der Waals surface area contributed by atoms with E-state index in [9.17, 15) is 5.11 Å². The zero-order valence-corrected chi connectivity index (χ0v) is 12.8. The molecule has 6 nitrogen and oxygen atoms in total. The normalized spacial score (nSPS) is 7.79. The van der Waals surface area contributed by atoms with Crippen LogP contribution in [0.2, 0.25) is 0 Å². The van der Waals surface area contributed by atoms with Crippen molar-refractivity contribution in [1.29, 1.82) is 0 Å². The molecule has 2 N–H and O–H groups in total. The molecule has 2 aromatic rings. The average Bonchev–Trinajstić information content (AvgIpc) is 2.36. The minimum absolute atomic E-state index is 0. The molecule has 0 aliphatic carbocycles. The van der Waals surface area contributed by atoms with Crippen LogP contribution in [0.15, 0.2) is 36.4 Å². The molecule has 0 bridgehead atoms. The number of rotatable bonds is 0. The van der Waals surface area contributed by atoms with E-state index in [1.165, 1.54) is 6.07 Å². The van der Waals surface area contributed by atoms with Crippen molar-refractivity contribution in [2.75, 3.05) is 0 Å². The molecule has 0 spiro atoms. The largest absolute Gasteiger partial charge is 2.00 e. The first kappa shape index (κ1) is 19.2. The third kappa shape index (κ3) is 6.38. The first-order valence-corrected chi connectivity index (χ1v) is 4.63. The monoisotopic (exact) mass is 314 g/mol. The van der Waals surface area contributed by atoms with Crippen LogP contribution in [-0.2, 0) is 29.1 Å². The summed E-state index contributed by atoms with van der Waals surface area (Å²) in [7, 11) is 0. The summed E-state index contributed by atoms with van der Waals surface area (Å²) in [6.45, 7) is -1.00. The van der Waals surface area contributed by atoms with Gasteiger partial charge in [-0.15, -0.1) is 0 Å². The Morgan fingerprint density at radius 1 is 0.895 bits per heavy atom. The molecule has 0 unspecified atom stereocenters. The number of aromatic hydroxyl groups is 2. The number of carbonyl (C=O) groups is 2. The summed E-state index contributed by atoms with van der Waals surface area (Å²) in [6.07, 6.45) is 0. The Morgan fingerprint density at radius 2 is 1.37 bits per heavy atom. The Morgan fingerprint density at radius 3 is 1.89 bits per heavy atom. The molecule has 0 heterocycles. The fraction of sp³-hybridized carbons (Fsp3) is 0. The number of carbonyl (C=O) groups excluding carboxylic acids is 2. The van der Waals surface area contributed by atoms with Crippen molar-refractivity contribution >= 4 is 23.7 Å². The SMILES string of the molecule is O=C[O-].O=C[O-].Oc1ccc2ccccc2c1O.[Zn+2]. The van der Waals surface area contributed by atoms with Gasteiger partial charge >= 0.3 is 19.5 Å². The fourth-order valence-corrected chi connectivity index (χ4v) is 1.24. The van der Waals surface area contributed by atoms with Crippen molar-refractivity contribution in [3.05, 3.63) is 36.4 Å². The number of benzene rings is 2. The zero-order chi connectivity index (χ0) is 14.0. The standard InChI is InChI=1S/C10H8O2.2CH2O2.Zn/c11-9-6-5-7-3-1-2-4-8(7)10(9)12;2*2-1-3;/h1-6,11-12H;2*1H,(H,2,3);/q;;;+2/p-2. The number of phenolic OH excluding ortho intramolecular Hbond substituents is 2. The molecule has 0 aromatic heterocycles. The first-order valence-electron chi connectivity index (χ1n) is 4.63. The summed E-state index contributed by atoms with van der Waals surface area (Å²) >= 11 is 0. The third-order valence-electron chi connectivity index (χ3n) is 1.88. The summed E-state index contributed by atoms with van der Waals surface area (Å²) in [5.74, 6) is -0.123. The Balaban J connectivity index is 0. The summed E-state index contributed by atoms with van der Waals surface area (Å²) in [5.41, 5.74) is 0. The maximum Gasteiger partial charge on any atom is 2.00 e. The van der Waals surface area contributed by atoms with Gasteiger partial charge in [0, 0.05) is 18.3 Å². The second kappa shape index (κ2) is 11.0. The summed E-state index contributed by atoms with van der Waals surface area (Å²) in [5, 5.41) is 36.7. The van der Waals surface area contributed by atoms with E-state index in [1.807, 2.05) is 18.2 Å². The summed E-state index contributed by atoms with van der Waals surface area (Å²) in [4.78, 5) is 16.5. The van der Waals surface area contributed by atoms with Gasteiger partial charge in [0.05, 0.1) is 0 Å². The van der Waals surface area contributed by atoms with E-state index >= 15 is 0 Å². The molecule has 2 aromatic carbocycles. The van der Waals surface area contributed by atoms with E-state index in [2.05, 4.69) is 0 Å². The van der Waals surface area contributed by atoms with E-state index in [0.29, 0.717) is 5.39 Å². The van der Waals surface area contributed by atoms with Crippen LogP contribution in [-0.4, -0.2) is 23.2 Å². The molecule has 19 heavy (non-hydrogen) atoms. The quantitative estimate of drug-likeness (QED) is 0.365. The molecule has 0 amide bonds. The van der Waals surface area contributed by atoms with Crippen LogP contribution in [0.1, 0.15) is 0 Å². The topological polar surface area (TPSA) is 121 Å². The van der Waals surface area contributed by atoms with Gasteiger partial charge in [0.1, 0.15) is 0 Å². The van der Waals surface area contributed by atoms with Crippen molar-refractivity contribution < 1.29 is 49.5 Å². The van der Waals surface area contributed by atoms with Crippen LogP contribution >= 0.6 is 0 Å². The Kier molecular flexibility index (Phi) is 11.1. The molecule has 0 radical (unpaired) electrons. The fourth-order valence-electron chi connectivity index (χ4n) is 1.24. The molecule has 0 aliphatic rings. The smallest absolute Gasteiger partial charge is 0.554 e. The van der Waals surface area contributed by atoms with Crippen LogP contribution < -0.4 is 10.2 Å². The molecule has 0 atom stereocenters. The number of hydrogen-bond acceptors (Lipinski definition) is 6. The second-order valence-electron chi connectivity index (χ2n) is 2.85. The third-order valence-corrected chi connectivity index (χ3v) is 1.88. The predicted octanol–water partition coefficient (Wildman–Crippen LogP) is -1.02. The van der Waals surface area contributed by atoms with E-state index in [4.69, 9.17) is 24.9 Å². The van der Waals surface area contributed by atoms with Crippen LogP contribution in [0.4, 0.5) is 0 Å². The molecule has 0 fully saturated rings. The first-order chi connectivity index (χ1) is 8.62. The van der Waals surface area contributed by atoms with Gasteiger partial charge in [0.15, 0.2) is 11.5 Å². The maximum atomic E-state index is 9.41.